The van der Waals surface area contributed by atoms with E-state index in [1.807, 2.05) is 31.2 Å². The third-order valence-corrected chi connectivity index (χ3v) is 3.75. The van der Waals surface area contributed by atoms with Gasteiger partial charge in [-0.05, 0) is 42.8 Å². The van der Waals surface area contributed by atoms with E-state index in [1.54, 1.807) is 12.1 Å². The minimum Gasteiger partial charge on any atom is -0.507 e. The largest absolute Gasteiger partial charge is 0.507 e. The van der Waals surface area contributed by atoms with Crippen LogP contribution in [0.4, 0.5) is 0 Å². The van der Waals surface area contributed by atoms with Crippen molar-refractivity contribution in [2.75, 3.05) is 0 Å². The van der Waals surface area contributed by atoms with E-state index in [2.05, 4.69) is 4.98 Å². The number of aromatic nitrogens is 1. The molecular formula is C15H11Cl2NO. The van der Waals surface area contributed by atoms with Crippen LogP contribution in [0.3, 0.4) is 0 Å². The molecule has 0 amide bonds. The molecular weight excluding hydrogens is 281 g/mol. The minimum atomic E-state index is 0.208. The molecule has 3 aromatic rings. The van der Waals surface area contributed by atoms with Gasteiger partial charge in [0.05, 0.1) is 10.7 Å². The third kappa shape index (κ3) is 2.07. The lowest BCUT2D eigenvalue weighted by Crippen LogP contribution is -1.81. The maximum atomic E-state index is 10.0. The summed E-state index contributed by atoms with van der Waals surface area (Å²) in [5, 5.41) is 12.1. The number of H-pyrrole nitrogens is 1. The maximum absolute atomic E-state index is 10.0. The van der Waals surface area contributed by atoms with Gasteiger partial charge in [-0.3, -0.25) is 0 Å². The van der Waals surface area contributed by atoms with Gasteiger partial charge >= 0.3 is 0 Å². The lowest BCUT2D eigenvalue weighted by Gasteiger charge is -2.04. The number of aromatic hydroxyl groups is 1. The van der Waals surface area contributed by atoms with Crippen molar-refractivity contribution < 1.29 is 5.11 Å². The number of fused-ring (bicyclic) bond motifs is 1. The zero-order valence-electron chi connectivity index (χ0n) is 10.2. The Morgan fingerprint density at radius 2 is 1.84 bits per heavy atom. The summed E-state index contributed by atoms with van der Waals surface area (Å²) >= 11 is 12.4. The van der Waals surface area contributed by atoms with E-state index < -0.39 is 0 Å². The molecule has 0 saturated heterocycles. The first-order chi connectivity index (χ1) is 9.06. The monoisotopic (exact) mass is 291 g/mol. The highest BCUT2D eigenvalue weighted by Gasteiger charge is 2.14. The molecule has 0 aliphatic carbocycles. The second-order valence-electron chi connectivity index (χ2n) is 4.52. The molecule has 0 aliphatic rings. The lowest BCUT2D eigenvalue weighted by molar-refractivity contribution is 0.477. The SMILES string of the molecule is Cc1ccc(-c2[nH]c3ccc(Cl)cc3c2Cl)c(O)c1. The number of phenols is 1. The number of benzene rings is 2. The first-order valence-electron chi connectivity index (χ1n) is 5.83. The summed E-state index contributed by atoms with van der Waals surface area (Å²) in [6.45, 7) is 1.93. The Labute approximate surface area is 120 Å². The van der Waals surface area contributed by atoms with Crippen molar-refractivity contribution in [3.8, 4) is 17.0 Å². The second kappa shape index (κ2) is 4.48. The van der Waals surface area contributed by atoms with Gasteiger partial charge in [0.25, 0.3) is 0 Å². The van der Waals surface area contributed by atoms with Crippen LogP contribution in [0, 0.1) is 6.92 Å². The molecule has 3 rings (SSSR count). The fourth-order valence-corrected chi connectivity index (χ4v) is 2.65. The van der Waals surface area contributed by atoms with Gasteiger partial charge in [-0.2, -0.15) is 0 Å². The molecule has 0 saturated carbocycles. The van der Waals surface area contributed by atoms with Crippen molar-refractivity contribution in [1.82, 2.24) is 4.98 Å². The van der Waals surface area contributed by atoms with Crippen molar-refractivity contribution in [3.63, 3.8) is 0 Å². The van der Waals surface area contributed by atoms with Crippen LogP contribution in [0.25, 0.3) is 22.2 Å². The Bertz CT molecular complexity index is 777. The quantitative estimate of drug-likeness (QED) is 0.639. The Morgan fingerprint density at radius 1 is 1.05 bits per heavy atom. The number of phenolic OH excluding ortho intramolecular Hbond substituents is 1. The number of nitrogens with one attached hydrogen (secondary N) is 1. The molecule has 2 N–H and O–H groups in total. The summed E-state index contributed by atoms with van der Waals surface area (Å²) < 4.78 is 0. The van der Waals surface area contributed by atoms with Crippen molar-refractivity contribution >= 4 is 34.1 Å². The predicted molar refractivity (Wildman–Crippen MR) is 80.2 cm³/mol. The fraction of sp³-hybridized carbons (Fsp3) is 0.0667. The van der Waals surface area contributed by atoms with Crippen LogP contribution >= 0.6 is 23.2 Å². The van der Waals surface area contributed by atoms with Crippen LogP contribution in [0.2, 0.25) is 10.0 Å². The molecule has 0 unspecified atom stereocenters. The van der Waals surface area contributed by atoms with Crippen LogP contribution in [-0.2, 0) is 0 Å². The zero-order chi connectivity index (χ0) is 13.6. The fourth-order valence-electron chi connectivity index (χ4n) is 2.17. The molecule has 2 nitrogen and oxygen atoms in total. The number of aromatic amines is 1. The van der Waals surface area contributed by atoms with Crippen molar-refractivity contribution in [1.29, 1.82) is 0 Å². The van der Waals surface area contributed by atoms with E-state index in [0.717, 1.165) is 16.5 Å². The Hall–Kier alpha value is -1.64. The first kappa shape index (κ1) is 12.4. The van der Waals surface area contributed by atoms with Crippen LogP contribution in [0.15, 0.2) is 36.4 Å². The number of hydrogen-bond acceptors (Lipinski definition) is 1. The number of rotatable bonds is 1. The maximum Gasteiger partial charge on any atom is 0.125 e. The number of hydrogen-bond donors (Lipinski definition) is 2. The van der Waals surface area contributed by atoms with E-state index in [4.69, 9.17) is 23.2 Å². The van der Waals surface area contributed by atoms with Gasteiger partial charge in [0.1, 0.15) is 5.75 Å². The van der Waals surface area contributed by atoms with Crippen molar-refractivity contribution in [2.24, 2.45) is 0 Å². The molecule has 0 atom stereocenters. The number of halogens is 2. The van der Waals surface area contributed by atoms with E-state index in [0.29, 0.717) is 21.3 Å². The molecule has 0 fully saturated rings. The standard InChI is InChI=1S/C15H11Cl2NO/c1-8-2-4-10(13(19)6-8)15-14(17)11-7-9(16)3-5-12(11)18-15/h2-7,18-19H,1H3. The van der Waals surface area contributed by atoms with E-state index in [9.17, 15) is 5.11 Å². The Morgan fingerprint density at radius 3 is 2.58 bits per heavy atom. The van der Waals surface area contributed by atoms with Gasteiger partial charge in [-0.15, -0.1) is 0 Å². The van der Waals surface area contributed by atoms with E-state index in [-0.39, 0.29) is 5.75 Å². The summed E-state index contributed by atoms with van der Waals surface area (Å²) in [5.74, 6) is 0.208. The van der Waals surface area contributed by atoms with Crippen molar-refractivity contribution in [2.45, 2.75) is 6.92 Å². The predicted octanol–water partition coefficient (Wildman–Crippen LogP) is 5.16. The molecule has 0 bridgehead atoms. The molecule has 0 radical (unpaired) electrons. The van der Waals surface area contributed by atoms with Gasteiger partial charge < -0.3 is 10.1 Å². The molecule has 96 valence electrons. The molecule has 19 heavy (non-hydrogen) atoms. The third-order valence-electron chi connectivity index (χ3n) is 3.12. The van der Waals surface area contributed by atoms with Crippen LogP contribution in [0.5, 0.6) is 5.75 Å². The molecule has 1 heterocycles. The molecule has 0 spiro atoms. The van der Waals surface area contributed by atoms with Crippen LogP contribution < -0.4 is 0 Å². The smallest absolute Gasteiger partial charge is 0.125 e. The minimum absolute atomic E-state index is 0.208. The van der Waals surface area contributed by atoms with Gasteiger partial charge in [0.15, 0.2) is 0 Å². The Balaban J connectivity index is 2.28. The van der Waals surface area contributed by atoms with Crippen LogP contribution in [0.1, 0.15) is 5.56 Å². The summed E-state index contributed by atoms with van der Waals surface area (Å²) in [6, 6.07) is 11.0. The normalized spacial score (nSPS) is 11.1. The van der Waals surface area contributed by atoms with Crippen LogP contribution in [-0.4, -0.2) is 10.1 Å². The summed E-state index contributed by atoms with van der Waals surface area (Å²) in [5.41, 5.74) is 3.28. The molecule has 0 aliphatic heterocycles. The molecule has 1 aromatic heterocycles. The molecule has 4 heteroatoms. The lowest BCUT2D eigenvalue weighted by atomic mass is 10.1. The highest BCUT2D eigenvalue weighted by molar-refractivity contribution is 6.39. The second-order valence-corrected chi connectivity index (χ2v) is 5.34. The van der Waals surface area contributed by atoms with Gasteiger partial charge in [0.2, 0.25) is 0 Å². The van der Waals surface area contributed by atoms with E-state index >= 15 is 0 Å². The summed E-state index contributed by atoms with van der Waals surface area (Å²) in [4.78, 5) is 3.22. The molecule has 2 aromatic carbocycles. The highest BCUT2D eigenvalue weighted by Crippen LogP contribution is 2.39. The topological polar surface area (TPSA) is 36.0 Å². The van der Waals surface area contributed by atoms with Crippen molar-refractivity contribution in [3.05, 3.63) is 52.0 Å². The first-order valence-corrected chi connectivity index (χ1v) is 6.58. The van der Waals surface area contributed by atoms with Gasteiger partial charge in [0, 0.05) is 21.5 Å². The Kier molecular flexibility index (Phi) is 2.92. The number of aryl methyl sites for hydroxylation is 1. The average molecular weight is 292 g/mol. The zero-order valence-corrected chi connectivity index (χ0v) is 11.7. The van der Waals surface area contributed by atoms with E-state index in [1.165, 1.54) is 0 Å². The van der Waals surface area contributed by atoms with Gasteiger partial charge in [-0.25, -0.2) is 0 Å². The van der Waals surface area contributed by atoms with Gasteiger partial charge in [-0.1, -0.05) is 29.3 Å². The summed E-state index contributed by atoms with van der Waals surface area (Å²) in [6.07, 6.45) is 0. The highest BCUT2D eigenvalue weighted by atomic mass is 35.5. The average Bonchev–Trinajstić information content (AvgIpc) is 2.67. The summed E-state index contributed by atoms with van der Waals surface area (Å²) in [7, 11) is 0.